The molecule has 2 aliphatic rings. The van der Waals surface area contributed by atoms with Gasteiger partial charge in [0.1, 0.15) is 0 Å². The molecule has 0 spiro atoms. The van der Waals surface area contributed by atoms with Gasteiger partial charge in [-0.15, -0.1) is 0 Å². The number of benzene rings is 1. The van der Waals surface area contributed by atoms with Gasteiger partial charge in [0.25, 0.3) is 0 Å². The minimum absolute atomic E-state index is 0.274. The number of likely N-dealkylation sites (N-methyl/N-ethyl adjacent to an activating group) is 1. The van der Waals surface area contributed by atoms with Crippen molar-refractivity contribution in [2.75, 3.05) is 46.3 Å². The van der Waals surface area contributed by atoms with Gasteiger partial charge in [-0.3, -0.25) is 4.79 Å². The molecule has 1 aliphatic carbocycles. The van der Waals surface area contributed by atoms with Crippen LogP contribution in [-0.4, -0.2) is 66.9 Å². The van der Waals surface area contributed by atoms with Crippen molar-refractivity contribution < 1.29 is 4.79 Å². The molecule has 1 fully saturated rings. The zero-order valence-corrected chi connectivity index (χ0v) is 14.5. The molecule has 0 radical (unpaired) electrons. The van der Waals surface area contributed by atoms with E-state index < -0.39 is 0 Å². The molecule has 1 aromatic carbocycles. The van der Waals surface area contributed by atoms with Gasteiger partial charge < -0.3 is 14.7 Å². The minimum Gasteiger partial charge on any atom is -0.339 e. The van der Waals surface area contributed by atoms with Crippen LogP contribution < -0.4 is 0 Å². The lowest BCUT2D eigenvalue weighted by molar-refractivity contribution is -0.132. The van der Waals surface area contributed by atoms with Crippen LogP contribution >= 0.6 is 0 Å². The predicted molar refractivity (Wildman–Crippen MR) is 93.4 cm³/mol. The molecule has 1 heterocycles. The summed E-state index contributed by atoms with van der Waals surface area (Å²) in [5.41, 5.74) is 2.76. The maximum atomic E-state index is 12.6. The Morgan fingerprint density at radius 2 is 1.87 bits per heavy atom. The molecule has 1 amide bonds. The highest BCUT2D eigenvalue weighted by Crippen LogP contribution is 2.34. The Hall–Kier alpha value is -1.39. The van der Waals surface area contributed by atoms with E-state index >= 15 is 0 Å². The number of nitrogens with zero attached hydrogens (tertiary/aromatic N) is 3. The maximum absolute atomic E-state index is 12.6. The van der Waals surface area contributed by atoms with Gasteiger partial charge in [-0.25, -0.2) is 0 Å². The molecule has 23 heavy (non-hydrogen) atoms. The molecule has 126 valence electrons. The van der Waals surface area contributed by atoms with Crippen LogP contribution in [0.1, 0.15) is 36.9 Å². The number of rotatable bonds is 5. The van der Waals surface area contributed by atoms with E-state index in [1.807, 2.05) is 11.9 Å². The Morgan fingerprint density at radius 3 is 2.61 bits per heavy atom. The van der Waals surface area contributed by atoms with Crippen LogP contribution in [0.15, 0.2) is 24.3 Å². The maximum Gasteiger partial charge on any atom is 0.224 e. The summed E-state index contributed by atoms with van der Waals surface area (Å²) in [4.78, 5) is 19.5. The highest BCUT2D eigenvalue weighted by atomic mass is 16.2. The Bertz CT molecular complexity index is 537. The Morgan fingerprint density at radius 1 is 1.17 bits per heavy atom. The third-order valence-electron chi connectivity index (χ3n) is 5.52. The van der Waals surface area contributed by atoms with Crippen molar-refractivity contribution in [3.05, 3.63) is 35.4 Å². The van der Waals surface area contributed by atoms with Crippen molar-refractivity contribution >= 4 is 5.91 Å². The van der Waals surface area contributed by atoms with Gasteiger partial charge in [0, 0.05) is 46.2 Å². The van der Waals surface area contributed by atoms with E-state index in [1.165, 1.54) is 11.1 Å². The van der Waals surface area contributed by atoms with Crippen LogP contribution in [0.5, 0.6) is 0 Å². The van der Waals surface area contributed by atoms with E-state index in [-0.39, 0.29) is 11.9 Å². The standard InChI is InChI=1S/C19H29N3O/c1-3-21-12-14-22(15-13-21)11-10-19(23)20(2)18-9-8-16-6-4-5-7-17(16)18/h4-7,18H,3,8-15H2,1-2H3/t18-/m0/s1. The molecule has 0 bridgehead atoms. The number of hydrogen-bond acceptors (Lipinski definition) is 3. The van der Waals surface area contributed by atoms with E-state index in [9.17, 15) is 4.79 Å². The number of piperazine rings is 1. The summed E-state index contributed by atoms with van der Waals surface area (Å²) in [6, 6.07) is 8.83. The first kappa shape index (κ1) is 16.5. The third kappa shape index (κ3) is 3.75. The molecule has 4 heteroatoms. The summed E-state index contributed by atoms with van der Waals surface area (Å²) >= 11 is 0. The smallest absolute Gasteiger partial charge is 0.224 e. The second kappa shape index (κ2) is 7.45. The van der Waals surface area contributed by atoms with Gasteiger partial charge in [-0.05, 0) is 30.5 Å². The summed E-state index contributed by atoms with van der Waals surface area (Å²) in [7, 11) is 1.98. The van der Waals surface area contributed by atoms with Crippen LogP contribution in [0.25, 0.3) is 0 Å². The molecule has 0 N–H and O–H groups in total. The van der Waals surface area contributed by atoms with Gasteiger partial charge in [-0.2, -0.15) is 0 Å². The zero-order chi connectivity index (χ0) is 16.2. The average Bonchev–Trinajstić information content (AvgIpc) is 3.03. The number of hydrogen-bond donors (Lipinski definition) is 0. The van der Waals surface area contributed by atoms with Crippen LogP contribution in [0.3, 0.4) is 0 Å². The second-order valence-corrected chi connectivity index (χ2v) is 6.78. The highest BCUT2D eigenvalue weighted by molar-refractivity contribution is 5.76. The van der Waals surface area contributed by atoms with Crippen molar-refractivity contribution in [3.63, 3.8) is 0 Å². The lowest BCUT2D eigenvalue weighted by Gasteiger charge is -2.34. The number of aryl methyl sites for hydroxylation is 1. The lowest BCUT2D eigenvalue weighted by atomic mass is 10.1. The molecule has 3 rings (SSSR count). The zero-order valence-electron chi connectivity index (χ0n) is 14.5. The van der Waals surface area contributed by atoms with E-state index in [0.717, 1.165) is 52.1 Å². The molecule has 1 saturated heterocycles. The van der Waals surface area contributed by atoms with Gasteiger partial charge in [0.05, 0.1) is 6.04 Å². The van der Waals surface area contributed by atoms with Crippen LogP contribution in [0, 0.1) is 0 Å². The summed E-state index contributed by atoms with van der Waals surface area (Å²) in [6.07, 6.45) is 2.80. The fourth-order valence-corrected chi connectivity index (χ4v) is 3.87. The van der Waals surface area contributed by atoms with Crippen molar-refractivity contribution in [1.29, 1.82) is 0 Å². The van der Waals surface area contributed by atoms with Gasteiger partial charge in [0.2, 0.25) is 5.91 Å². The summed E-state index contributed by atoms with van der Waals surface area (Å²) < 4.78 is 0. The quantitative estimate of drug-likeness (QED) is 0.833. The molecule has 0 unspecified atom stereocenters. The Labute approximate surface area is 140 Å². The van der Waals surface area contributed by atoms with Crippen LogP contribution in [-0.2, 0) is 11.2 Å². The van der Waals surface area contributed by atoms with E-state index in [2.05, 4.69) is 41.0 Å². The van der Waals surface area contributed by atoms with Crippen molar-refractivity contribution in [2.24, 2.45) is 0 Å². The third-order valence-corrected chi connectivity index (χ3v) is 5.52. The lowest BCUT2D eigenvalue weighted by Crippen LogP contribution is -2.47. The summed E-state index contributed by atoms with van der Waals surface area (Å²) in [6.45, 7) is 8.71. The number of amides is 1. The Kier molecular flexibility index (Phi) is 5.34. The molecule has 0 saturated carbocycles. The summed E-state index contributed by atoms with van der Waals surface area (Å²) in [5.74, 6) is 0.282. The second-order valence-electron chi connectivity index (χ2n) is 6.78. The molecular weight excluding hydrogens is 286 g/mol. The van der Waals surface area contributed by atoms with Gasteiger partial charge in [0.15, 0.2) is 0 Å². The topological polar surface area (TPSA) is 26.8 Å². The molecule has 1 aromatic rings. The first-order valence-electron chi connectivity index (χ1n) is 8.97. The SMILES string of the molecule is CCN1CCN(CCC(=O)N(C)[C@H]2CCc3ccccc32)CC1. The van der Waals surface area contributed by atoms with E-state index in [0.29, 0.717) is 6.42 Å². The number of fused-ring (bicyclic) bond motifs is 1. The highest BCUT2D eigenvalue weighted by Gasteiger charge is 2.28. The van der Waals surface area contributed by atoms with Crippen molar-refractivity contribution in [3.8, 4) is 0 Å². The van der Waals surface area contributed by atoms with Gasteiger partial charge >= 0.3 is 0 Å². The van der Waals surface area contributed by atoms with Crippen molar-refractivity contribution in [1.82, 2.24) is 14.7 Å². The molecule has 1 aliphatic heterocycles. The fraction of sp³-hybridized carbons (Fsp3) is 0.632. The average molecular weight is 315 g/mol. The number of carbonyl (C=O) groups excluding carboxylic acids is 1. The predicted octanol–water partition coefficient (Wildman–Crippen LogP) is 2.16. The first-order chi connectivity index (χ1) is 11.2. The fourth-order valence-electron chi connectivity index (χ4n) is 3.87. The summed E-state index contributed by atoms with van der Waals surface area (Å²) in [5, 5.41) is 0. The first-order valence-corrected chi connectivity index (χ1v) is 8.97. The monoisotopic (exact) mass is 315 g/mol. The molecular formula is C19H29N3O. The van der Waals surface area contributed by atoms with Crippen LogP contribution in [0.2, 0.25) is 0 Å². The molecule has 1 atom stereocenters. The molecule has 0 aromatic heterocycles. The van der Waals surface area contributed by atoms with Gasteiger partial charge in [-0.1, -0.05) is 31.2 Å². The normalized spacial score (nSPS) is 22.1. The molecule has 4 nitrogen and oxygen atoms in total. The minimum atomic E-state index is 0.274. The van der Waals surface area contributed by atoms with E-state index in [4.69, 9.17) is 0 Å². The van der Waals surface area contributed by atoms with Crippen molar-refractivity contribution in [2.45, 2.75) is 32.2 Å². The van der Waals surface area contributed by atoms with Crippen LogP contribution in [0.4, 0.5) is 0 Å². The van der Waals surface area contributed by atoms with E-state index in [1.54, 1.807) is 0 Å². The Balaban J connectivity index is 1.49. The number of carbonyl (C=O) groups is 1. The largest absolute Gasteiger partial charge is 0.339 e.